The van der Waals surface area contributed by atoms with Crippen molar-refractivity contribution >= 4 is 19.8 Å². The highest BCUT2D eigenvalue weighted by molar-refractivity contribution is 7.47. The first-order valence-corrected chi connectivity index (χ1v) is 24.8. The van der Waals surface area contributed by atoms with Crippen LogP contribution in [0.4, 0.5) is 0 Å². The van der Waals surface area contributed by atoms with E-state index in [2.05, 4.69) is 50.3 Å². The summed E-state index contributed by atoms with van der Waals surface area (Å²) in [6, 6.07) is 0. The fourth-order valence-corrected chi connectivity index (χ4v) is 7.23. The summed E-state index contributed by atoms with van der Waals surface area (Å²) in [7, 11) is -4.28. The van der Waals surface area contributed by atoms with Crippen molar-refractivity contribution in [1.29, 1.82) is 0 Å². The van der Waals surface area contributed by atoms with Gasteiger partial charge in [-0.05, 0) is 77.6 Å². The van der Waals surface area contributed by atoms with E-state index < -0.39 is 26.5 Å². The molecule has 0 spiro atoms. The van der Waals surface area contributed by atoms with Gasteiger partial charge in [-0.15, -0.1) is 0 Å². The topological polar surface area (TPSA) is 108 Å². The summed E-state index contributed by atoms with van der Waals surface area (Å²) in [5.41, 5.74) is 0. The van der Waals surface area contributed by atoms with Crippen LogP contribution in [-0.4, -0.2) is 42.8 Å². The SMILES string of the molecule is CCCCCC/C=C\CCCCCCCC(=O)OCC(COP(=O)(O)OCC)OC(=O)CCCCCCCCCCCCC/C=C\C/C=C\CCCCCCC. The predicted molar refractivity (Wildman–Crippen MR) is 235 cm³/mol. The van der Waals surface area contributed by atoms with Crippen molar-refractivity contribution in [2.24, 2.45) is 0 Å². The third-order valence-corrected chi connectivity index (χ3v) is 11.0. The number of phosphoric acid groups is 1. The molecule has 0 aromatic heterocycles. The van der Waals surface area contributed by atoms with Gasteiger partial charge in [0.05, 0.1) is 13.2 Å². The van der Waals surface area contributed by atoms with Crippen molar-refractivity contribution in [2.45, 2.75) is 232 Å². The Morgan fingerprint density at radius 1 is 0.482 bits per heavy atom. The van der Waals surface area contributed by atoms with Gasteiger partial charge in [0.15, 0.2) is 6.10 Å². The number of carbonyl (C=O) groups excluding carboxylic acids is 2. The van der Waals surface area contributed by atoms with Gasteiger partial charge in [-0.1, -0.05) is 172 Å². The van der Waals surface area contributed by atoms with Crippen LogP contribution >= 0.6 is 7.82 Å². The summed E-state index contributed by atoms with van der Waals surface area (Å²) < 4.78 is 32.7. The van der Waals surface area contributed by atoms with E-state index in [1.54, 1.807) is 6.92 Å². The molecule has 0 aliphatic heterocycles. The maximum Gasteiger partial charge on any atom is 0.472 e. The molecule has 1 N–H and O–H groups in total. The van der Waals surface area contributed by atoms with E-state index in [0.717, 1.165) is 57.8 Å². The molecule has 0 heterocycles. The summed E-state index contributed by atoms with van der Waals surface area (Å²) in [5, 5.41) is 0. The zero-order chi connectivity index (χ0) is 41.1. The lowest BCUT2D eigenvalue weighted by Gasteiger charge is -2.19. The molecule has 8 nitrogen and oxygen atoms in total. The molecule has 0 aromatic carbocycles. The van der Waals surface area contributed by atoms with Gasteiger partial charge in [-0.25, -0.2) is 4.57 Å². The fourth-order valence-electron chi connectivity index (χ4n) is 6.48. The zero-order valence-electron chi connectivity index (χ0n) is 36.5. The average molecular weight is 811 g/mol. The smallest absolute Gasteiger partial charge is 0.462 e. The predicted octanol–water partition coefficient (Wildman–Crippen LogP) is 14.8. The molecule has 0 bridgehead atoms. The molecule has 0 aliphatic carbocycles. The molecule has 0 radical (unpaired) electrons. The zero-order valence-corrected chi connectivity index (χ0v) is 37.4. The van der Waals surface area contributed by atoms with Gasteiger partial charge < -0.3 is 14.4 Å². The Hall–Kier alpha value is -1.73. The van der Waals surface area contributed by atoms with E-state index in [1.165, 1.54) is 128 Å². The number of unbranched alkanes of at least 4 members (excludes halogenated alkanes) is 25. The lowest BCUT2D eigenvalue weighted by atomic mass is 10.0. The summed E-state index contributed by atoms with van der Waals surface area (Å²) in [6.07, 6.45) is 49.2. The molecule has 2 unspecified atom stereocenters. The van der Waals surface area contributed by atoms with Crippen LogP contribution in [-0.2, 0) is 32.7 Å². The Balaban J connectivity index is 4.00. The van der Waals surface area contributed by atoms with Gasteiger partial charge in [-0.3, -0.25) is 18.6 Å². The third kappa shape index (κ3) is 41.9. The molecular weight excluding hydrogens is 723 g/mol. The van der Waals surface area contributed by atoms with E-state index >= 15 is 0 Å². The average Bonchev–Trinajstić information content (AvgIpc) is 3.18. The lowest BCUT2D eigenvalue weighted by Crippen LogP contribution is -2.29. The quantitative estimate of drug-likeness (QED) is 0.0281. The molecular formula is C47H87O8P. The Morgan fingerprint density at radius 2 is 0.857 bits per heavy atom. The summed E-state index contributed by atoms with van der Waals surface area (Å²) in [6.45, 7) is 5.46. The lowest BCUT2D eigenvalue weighted by molar-refractivity contribution is -0.161. The monoisotopic (exact) mass is 811 g/mol. The van der Waals surface area contributed by atoms with E-state index in [-0.39, 0.29) is 32.0 Å². The molecule has 0 rings (SSSR count). The summed E-state index contributed by atoms with van der Waals surface area (Å²) in [4.78, 5) is 34.8. The van der Waals surface area contributed by atoms with Crippen molar-refractivity contribution < 1.29 is 37.6 Å². The summed E-state index contributed by atoms with van der Waals surface area (Å²) >= 11 is 0. The Bertz CT molecular complexity index is 1010. The van der Waals surface area contributed by atoms with E-state index in [0.29, 0.717) is 6.42 Å². The number of hydrogen-bond acceptors (Lipinski definition) is 7. The van der Waals surface area contributed by atoms with Crippen molar-refractivity contribution in [1.82, 2.24) is 0 Å². The molecule has 0 fully saturated rings. The molecule has 0 aliphatic rings. The van der Waals surface area contributed by atoms with Gasteiger partial charge in [0.2, 0.25) is 0 Å². The highest BCUT2D eigenvalue weighted by Crippen LogP contribution is 2.43. The van der Waals surface area contributed by atoms with Crippen LogP contribution in [0, 0.1) is 0 Å². The van der Waals surface area contributed by atoms with Gasteiger partial charge in [0.1, 0.15) is 6.61 Å². The van der Waals surface area contributed by atoms with Crippen LogP contribution in [0.3, 0.4) is 0 Å². The first-order chi connectivity index (χ1) is 27.3. The second-order valence-electron chi connectivity index (χ2n) is 15.4. The number of esters is 2. The van der Waals surface area contributed by atoms with Crippen molar-refractivity contribution in [2.75, 3.05) is 19.8 Å². The number of ether oxygens (including phenoxy) is 2. The van der Waals surface area contributed by atoms with Crippen molar-refractivity contribution in [3.63, 3.8) is 0 Å². The number of carbonyl (C=O) groups is 2. The fraction of sp³-hybridized carbons (Fsp3) is 0.830. The molecule has 56 heavy (non-hydrogen) atoms. The highest BCUT2D eigenvalue weighted by atomic mass is 31.2. The van der Waals surface area contributed by atoms with Crippen LogP contribution in [0.1, 0.15) is 226 Å². The number of phosphoric ester groups is 1. The summed E-state index contributed by atoms with van der Waals surface area (Å²) in [5.74, 6) is -0.805. The minimum absolute atomic E-state index is 0.000958. The van der Waals surface area contributed by atoms with E-state index in [4.69, 9.17) is 18.5 Å². The number of rotatable bonds is 43. The van der Waals surface area contributed by atoms with Crippen LogP contribution < -0.4 is 0 Å². The van der Waals surface area contributed by atoms with Crippen LogP contribution in [0.25, 0.3) is 0 Å². The second kappa shape index (κ2) is 42.9. The van der Waals surface area contributed by atoms with Crippen molar-refractivity contribution in [3.05, 3.63) is 36.5 Å². The molecule has 0 aromatic rings. The molecule has 0 saturated heterocycles. The largest absolute Gasteiger partial charge is 0.472 e. The maximum absolute atomic E-state index is 12.6. The van der Waals surface area contributed by atoms with E-state index in [9.17, 15) is 19.0 Å². The number of hydrogen-bond donors (Lipinski definition) is 1. The molecule has 0 saturated carbocycles. The van der Waals surface area contributed by atoms with Gasteiger partial charge in [-0.2, -0.15) is 0 Å². The van der Waals surface area contributed by atoms with Gasteiger partial charge >= 0.3 is 19.8 Å². The first-order valence-electron chi connectivity index (χ1n) is 23.3. The van der Waals surface area contributed by atoms with Crippen LogP contribution in [0.15, 0.2) is 36.5 Å². The molecule has 9 heteroatoms. The molecule has 328 valence electrons. The molecule has 2 atom stereocenters. The highest BCUT2D eigenvalue weighted by Gasteiger charge is 2.25. The minimum atomic E-state index is -4.28. The standard InChI is InChI=1S/C47H87O8P/c1-4-7-9-11-13-15-17-19-20-21-22-23-24-25-26-27-28-30-32-34-36-38-40-42-47(49)55-45(44-54-56(50,51)53-6-3)43-52-46(48)41-39-37-35-33-31-29-18-16-14-12-10-8-5-2/h16-19,21-22,45H,4-15,20,23-44H2,1-3H3,(H,50,51)/b18-16-,19-17-,22-21-. The van der Waals surface area contributed by atoms with E-state index in [1.807, 2.05) is 0 Å². The van der Waals surface area contributed by atoms with Crippen LogP contribution in [0.5, 0.6) is 0 Å². The normalized spacial score (nSPS) is 13.6. The van der Waals surface area contributed by atoms with Gasteiger partial charge in [0.25, 0.3) is 0 Å². The Morgan fingerprint density at radius 3 is 1.30 bits per heavy atom. The Kier molecular flexibility index (Phi) is 41.5. The maximum atomic E-state index is 12.6. The Labute approximate surface area is 345 Å². The second-order valence-corrected chi connectivity index (χ2v) is 16.9. The number of allylic oxidation sites excluding steroid dienone is 6. The first kappa shape index (κ1) is 54.3. The molecule has 0 amide bonds. The van der Waals surface area contributed by atoms with Crippen LogP contribution in [0.2, 0.25) is 0 Å². The minimum Gasteiger partial charge on any atom is -0.462 e. The van der Waals surface area contributed by atoms with Crippen molar-refractivity contribution in [3.8, 4) is 0 Å². The third-order valence-electron chi connectivity index (χ3n) is 9.92. The van der Waals surface area contributed by atoms with Gasteiger partial charge in [0, 0.05) is 12.8 Å².